The minimum absolute atomic E-state index is 0.00632. The monoisotopic (exact) mass is 347 g/mol. The van der Waals surface area contributed by atoms with Crippen LogP contribution in [-0.4, -0.2) is 19.9 Å². The minimum Gasteiger partial charge on any atom is -0.384 e. The van der Waals surface area contributed by atoms with E-state index in [2.05, 4.69) is 17.4 Å². The summed E-state index contributed by atoms with van der Waals surface area (Å²) >= 11 is 0. The Morgan fingerprint density at radius 1 is 1.17 bits per heavy atom. The molecule has 0 radical (unpaired) electrons. The standard InChI is InChI=1S/C16H17N3O4S/c17-24(22,23)15-9-13(8-14(10-15)19(20)21)18-11-16(6-7-16)12-4-2-1-3-5-12/h1-5,8-10,18H,6-7,11H2,(H2,17,22,23). The van der Waals surface area contributed by atoms with E-state index in [-0.39, 0.29) is 16.0 Å². The smallest absolute Gasteiger partial charge is 0.272 e. The summed E-state index contributed by atoms with van der Waals surface area (Å²) in [5.74, 6) is 0. The highest BCUT2D eigenvalue weighted by molar-refractivity contribution is 7.89. The van der Waals surface area contributed by atoms with E-state index < -0.39 is 14.9 Å². The molecular weight excluding hydrogens is 330 g/mol. The number of primary sulfonamides is 1. The number of anilines is 1. The van der Waals surface area contributed by atoms with Gasteiger partial charge in [-0.3, -0.25) is 10.1 Å². The van der Waals surface area contributed by atoms with Crippen molar-refractivity contribution in [1.29, 1.82) is 0 Å². The van der Waals surface area contributed by atoms with E-state index >= 15 is 0 Å². The maximum atomic E-state index is 11.5. The zero-order valence-electron chi connectivity index (χ0n) is 12.8. The summed E-state index contributed by atoms with van der Waals surface area (Å²) in [7, 11) is -4.02. The molecule has 0 bridgehead atoms. The average molecular weight is 347 g/mol. The van der Waals surface area contributed by atoms with E-state index in [1.165, 1.54) is 17.7 Å². The number of nitrogens with two attached hydrogens (primary N) is 1. The Hall–Kier alpha value is -2.45. The van der Waals surface area contributed by atoms with Crippen LogP contribution in [-0.2, 0) is 15.4 Å². The largest absolute Gasteiger partial charge is 0.384 e. The zero-order chi connectivity index (χ0) is 17.4. The number of hydrogen-bond acceptors (Lipinski definition) is 5. The number of rotatable bonds is 6. The van der Waals surface area contributed by atoms with Gasteiger partial charge < -0.3 is 5.32 Å². The first kappa shape index (κ1) is 16.4. The van der Waals surface area contributed by atoms with Gasteiger partial charge in [0.2, 0.25) is 10.0 Å². The quantitative estimate of drug-likeness (QED) is 0.615. The lowest BCUT2D eigenvalue weighted by atomic mass is 9.96. The second kappa shape index (κ2) is 5.88. The number of nitrogens with one attached hydrogen (secondary N) is 1. The van der Waals surface area contributed by atoms with Crippen LogP contribution in [0.15, 0.2) is 53.4 Å². The summed E-state index contributed by atoms with van der Waals surface area (Å²) < 4.78 is 23.0. The number of non-ortho nitro benzene ring substituents is 1. The van der Waals surface area contributed by atoms with Gasteiger partial charge in [0.25, 0.3) is 5.69 Å². The van der Waals surface area contributed by atoms with Crippen LogP contribution in [0.4, 0.5) is 11.4 Å². The first-order valence-corrected chi connectivity index (χ1v) is 8.97. The molecule has 0 unspecified atom stereocenters. The number of sulfonamides is 1. The van der Waals surface area contributed by atoms with Crippen LogP contribution in [0.1, 0.15) is 18.4 Å². The van der Waals surface area contributed by atoms with Gasteiger partial charge >= 0.3 is 0 Å². The molecule has 0 spiro atoms. The highest BCUT2D eigenvalue weighted by Gasteiger charge is 2.43. The van der Waals surface area contributed by atoms with Gasteiger partial charge in [-0.05, 0) is 24.5 Å². The molecule has 0 saturated heterocycles. The molecule has 0 atom stereocenters. The van der Waals surface area contributed by atoms with Crippen LogP contribution < -0.4 is 10.5 Å². The van der Waals surface area contributed by atoms with Gasteiger partial charge in [-0.1, -0.05) is 30.3 Å². The maximum Gasteiger partial charge on any atom is 0.272 e. The van der Waals surface area contributed by atoms with E-state index in [1.54, 1.807) is 0 Å². The number of hydrogen-bond donors (Lipinski definition) is 2. The third-order valence-corrected chi connectivity index (χ3v) is 5.19. The number of benzene rings is 2. The molecule has 2 aromatic rings. The molecule has 2 aromatic carbocycles. The van der Waals surface area contributed by atoms with Gasteiger partial charge in [0.15, 0.2) is 0 Å². The maximum absolute atomic E-state index is 11.5. The molecule has 1 aliphatic rings. The van der Waals surface area contributed by atoms with Crippen LogP contribution in [0.3, 0.4) is 0 Å². The lowest BCUT2D eigenvalue weighted by Crippen LogP contribution is -2.20. The predicted octanol–water partition coefficient (Wildman–Crippen LogP) is 2.39. The van der Waals surface area contributed by atoms with Crippen molar-refractivity contribution in [2.24, 2.45) is 5.14 Å². The molecule has 3 N–H and O–H groups in total. The molecule has 0 aromatic heterocycles. The summed E-state index contributed by atoms with van der Waals surface area (Å²) in [6, 6.07) is 13.6. The Labute approximate surface area is 139 Å². The molecule has 24 heavy (non-hydrogen) atoms. The fourth-order valence-electron chi connectivity index (χ4n) is 2.74. The lowest BCUT2D eigenvalue weighted by molar-refractivity contribution is -0.385. The van der Waals surface area contributed by atoms with Crippen molar-refractivity contribution in [2.75, 3.05) is 11.9 Å². The van der Waals surface area contributed by atoms with E-state index in [0.29, 0.717) is 12.2 Å². The van der Waals surface area contributed by atoms with Crippen LogP contribution >= 0.6 is 0 Å². The van der Waals surface area contributed by atoms with Crippen molar-refractivity contribution >= 4 is 21.4 Å². The van der Waals surface area contributed by atoms with Crippen LogP contribution in [0.2, 0.25) is 0 Å². The lowest BCUT2D eigenvalue weighted by Gasteiger charge is -2.17. The van der Waals surface area contributed by atoms with E-state index in [1.807, 2.05) is 18.2 Å². The van der Waals surface area contributed by atoms with Crippen molar-refractivity contribution in [1.82, 2.24) is 0 Å². The molecule has 0 heterocycles. The van der Waals surface area contributed by atoms with Crippen molar-refractivity contribution in [3.8, 4) is 0 Å². The fraction of sp³-hybridized carbons (Fsp3) is 0.250. The van der Waals surface area contributed by atoms with E-state index in [4.69, 9.17) is 5.14 Å². The molecule has 0 amide bonds. The minimum atomic E-state index is -4.02. The summed E-state index contributed by atoms with van der Waals surface area (Å²) in [4.78, 5) is 10.1. The molecule has 1 fully saturated rings. The van der Waals surface area contributed by atoms with Gasteiger partial charge in [-0.25, -0.2) is 13.6 Å². The Bertz CT molecular complexity index is 877. The van der Waals surface area contributed by atoms with Gasteiger partial charge in [0.05, 0.1) is 9.82 Å². The fourth-order valence-corrected chi connectivity index (χ4v) is 3.31. The van der Waals surface area contributed by atoms with E-state index in [9.17, 15) is 18.5 Å². The molecule has 1 aliphatic carbocycles. The summed E-state index contributed by atoms with van der Waals surface area (Å²) in [6.45, 7) is 0.572. The Balaban J connectivity index is 1.85. The summed E-state index contributed by atoms with van der Waals surface area (Å²) in [5, 5.41) is 19.2. The van der Waals surface area contributed by atoms with Gasteiger partial charge in [0, 0.05) is 29.8 Å². The number of nitrogens with zero attached hydrogens (tertiary/aromatic N) is 1. The molecule has 7 nitrogen and oxygen atoms in total. The van der Waals surface area contributed by atoms with Crippen molar-refractivity contribution < 1.29 is 13.3 Å². The van der Waals surface area contributed by atoms with Crippen LogP contribution in [0.25, 0.3) is 0 Å². The number of nitro groups is 1. The summed E-state index contributed by atoms with van der Waals surface area (Å²) in [6.07, 6.45) is 2.03. The molecule has 126 valence electrons. The third kappa shape index (κ3) is 3.39. The second-order valence-corrected chi connectivity index (χ2v) is 7.58. The van der Waals surface area contributed by atoms with Gasteiger partial charge in [0.1, 0.15) is 0 Å². The van der Waals surface area contributed by atoms with Crippen molar-refractivity contribution in [3.05, 3.63) is 64.2 Å². The predicted molar refractivity (Wildman–Crippen MR) is 90.3 cm³/mol. The average Bonchev–Trinajstić information content (AvgIpc) is 3.34. The Morgan fingerprint density at radius 3 is 2.38 bits per heavy atom. The van der Waals surface area contributed by atoms with Gasteiger partial charge in [-0.2, -0.15) is 0 Å². The molecule has 1 saturated carbocycles. The first-order chi connectivity index (χ1) is 11.3. The molecule has 8 heteroatoms. The zero-order valence-corrected chi connectivity index (χ0v) is 13.6. The van der Waals surface area contributed by atoms with E-state index in [0.717, 1.165) is 18.9 Å². The molecular formula is C16H17N3O4S. The molecule has 0 aliphatic heterocycles. The normalized spacial score (nSPS) is 15.7. The third-order valence-electron chi connectivity index (χ3n) is 4.30. The topological polar surface area (TPSA) is 115 Å². The Kier molecular flexibility index (Phi) is 4.02. The van der Waals surface area contributed by atoms with Crippen LogP contribution in [0.5, 0.6) is 0 Å². The highest BCUT2D eigenvalue weighted by Crippen LogP contribution is 2.48. The molecule has 3 rings (SSSR count). The SMILES string of the molecule is NS(=O)(=O)c1cc(NCC2(c3ccccc3)CC2)cc([N+](=O)[O-])c1. The van der Waals surface area contributed by atoms with Crippen LogP contribution in [0, 0.1) is 10.1 Å². The highest BCUT2D eigenvalue weighted by atomic mass is 32.2. The summed E-state index contributed by atoms with van der Waals surface area (Å²) in [5.41, 5.74) is 1.26. The Morgan fingerprint density at radius 2 is 1.83 bits per heavy atom. The van der Waals surface area contributed by atoms with Gasteiger partial charge in [-0.15, -0.1) is 0 Å². The van der Waals surface area contributed by atoms with Crippen molar-refractivity contribution in [2.45, 2.75) is 23.2 Å². The second-order valence-electron chi connectivity index (χ2n) is 6.02. The van der Waals surface area contributed by atoms with Crippen molar-refractivity contribution in [3.63, 3.8) is 0 Å². The number of nitro benzene ring substituents is 1. The first-order valence-electron chi connectivity index (χ1n) is 7.42.